The summed E-state index contributed by atoms with van der Waals surface area (Å²) in [6, 6.07) is 4.48. The van der Waals surface area contributed by atoms with E-state index in [-0.39, 0.29) is 11.4 Å². The van der Waals surface area contributed by atoms with Gasteiger partial charge in [-0.2, -0.15) is 12.6 Å². The summed E-state index contributed by atoms with van der Waals surface area (Å²) in [7, 11) is 1.39. The van der Waals surface area contributed by atoms with Gasteiger partial charge in [0.05, 0.1) is 18.1 Å². The third-order valence-electron chi connectivity index (χ3n) is 1.97. The Morgan fingerprint density at radius 2 is 2.24 bits per heavy atom. The highest BCUT2D eigenvalue weighted by Crippen LogP contribution is 2.30. The molecule has 1 aromatic carbocycles. The normalized spacial score (nSPS) is 10.5. The van der Waals surface area contributed by atoms with Crippen LogP contribution in [-0.2, 0) is 0 Å². The van der Waals surface area contributed by atoms with Gasteiger partial charge in [-0.05, 0) is 12.1 Å². The molecule has 92 valence electrons. The van der Waals surface area contributed by atoms with Gasteiger partial charge in [-0.15, -0.1) is 0 Å². The van der Waals surface area contributed by atoms with Gasteiger partial charge in [-0.3, -0.25) is 10.1 Å². The van der Waals surface area contributed by atoms with Crippen molar-refractivity contribution in [3.05, 3.63) is 40.5 Å². The van der Waals surface area contributed by atoms with Crippen molar-refractivity contribution in [2.45, 2.75) is 0 Å². The zero-order chi connectivity index (χ0) is 12.7. The second kappa shape index (κ2) is 6.80. The van der Waals surface area contributed by atoms with Gasteiger partial charge in [0.2, 0.25) is 0 Å². The molecule has 0 aliphatic heterocycles. The minimum absolute atomic E-state index is 0.108. The molecule has 0 saturated heterocycles. The fourth-order valence-corrected chi connectivity index (χ4v) is 1.34. The van der Waals surface area contributed by atoms with E-state index in [0.29, 0.717) is 18.1 Å². The van der Waals surface area contributed by atoms with E-state index in [1.54, 1.807) is 12.1 Å². The van der Waals surface area contributed by atoms with Crippen LogP contribution < -0.4 is 9.47 Å². The van der Waals surface area contributed by atoms with E-state index in [1.165, 1.54) is 19.2 Å². The molecule has 1 rings (SSSR count). The van der Waals surface area contributed by atoms with E-state index >= 15 is 0 Å². The fraction of sp³-hybridized carbons (Fsp3) is 0.273. The van der Waals surface area contributed by atoms with Crippen molar-refractivity contribution in [2.24, 2.45) is 0 Å². The molecule has 0 aliphatic carbocycles. The number of ether oxygens (including phenoxy) is 2. The van der Waals surface area contributed by atoms with Gasteiger partial charge in [0.15, 0.2) is 5.75 Å². The molecule has 0 spiro atoms. The van der Waals surface area contributed by atoms with Crippen LogP contribution >= 0.6 is 12.6 Å². The van der Waals surface area contributed by atoms with Gasteiger partial charge in [-0.1, -0.05) is 12.2 Å². The highest BCUT2D eigenvalue weighted by molar-refractivity contribution is 7.80. The SMILES string of the molecule is COc1ccc(OC/C=C/CS)cc1[N+](=O)[O-]. The van der Waals surface area contributed by atoms with E-state index in [2.05, 4.69) is 12.6 Å². The first-order valence-electron chi connectivity index (χ1n) is 4.90. The number of hydrogen-bond donors (Lipinski definition) is 1. The number of nitrogens with zero attached hydrogens (tertiary/aromatic N) is 1. The highest BCUT2D eigenvalue weighted by Gasteiger charge is 2.15. The Hall–Kier alpha value is -1.69. The van der Waals surface area contributed by atoms with E-state index in [0.717, 1.165) is 0 Å². The van der Waals surface area contributed by atoms with Crippen molar-refractivity contribution in [1.82, 2.24) is 0 Å². The van der Waals surface area contributed by atoms with Crippen LogP contribution in [0.3, 0.4) is 0 Å². The Kier molecular flexibility index (Phi) is 5.35. The van der Waals surface area contributed by atoms with E-state index < -0.39 is 4.92 Å². The Balaban J connectivity index is 2.78. The Labute approximate surface area is 105 Å². The number of thiol groups is 1. The van der Waals surface area contributed by atoms with Gasteiger partial charge in [0, 0.05) is 5.75 Å². The van der Waals surface area contributed by atoms with Crippen LogP contribution in [0.25, 0.3) is 0 Å². The van der Waals surface area contributed by atoms with E-state index in [1.807, 2.05) is 6.08 Å². The van der Waals surface area contributed by atoms with Gasteiger partial charge in [0.25, 0.3) is 0 Å². The first kappa shape index (κ1) is 13.4. The number of nitro benzene ring substituents is 1. The topological polar surface area (TPSA) is 61.6 Å². The largest absolute Gasteiger partial charge is 0.490 e. The summed E-state index contributed by atoms with van der Waals surface area (Å²) in [6.45, 7) is 0.351. The van der Waals surface area contributed by atoms with Gasteiger partial charge >= 0.3 is 5.69 Å². The molecule has 17 heavy (non-hydrogen) atoms. The first-order valence-corrected chi connectivity index (χ1v) is 5.53. The van der Waals surface area contributed by atoms with Crippen molar-refractivity contribution >= 4 is 18.3 Å². The van der Waals surface area contributed by atoms with Crippen molar-refractivity contribution < 1.29 is 14.4 Å². The molecule has 0 atom stereocenters. The Bertz CT molecular complexity index is 420. The maximum atomic E-state index is 10.8. The molecular formula is C11H13NO4S. The molecule has 0 unspecified atom stereocenters. The molecule has 0 amide bonds. The Morgan fingerprint density at radius 3 is 2.82 bits per heavy atom. The van der Waals surface area contributed by atoms with Crippen LogP contribution in [0.1, 0.15) is 0 Å². The monoisotopic (exact) mass is 255 g/mol. The number of rotatable bonds is 6. The minimum atomic E-state index is -0.505. The lowest BCUT2D eigenvalue weighted by molar-refractivity contribution is -0.385. The van der Waals surface area contributed by atoms with Gasteiger partial charge in [0.1, 0.15) is 12.4 Å². The molecule has 0 radical (unpaired) electrons. The summed E-state index contributed by atoms with van der Waals surface area (Å²) in [4.78, 5) is 10.3. The molecule has 0 fully saturated rings. The van der Waals surface area contributed by atoms with Crippen LogP contribution in [0, 0.1) is 10.1 Å². The average molecular weight is 255 g/mol. The van der Waals surface area contributed by atoms with Crippen molar-refractivity contribution in [1.29, 1.82) is 0 Å². The minimum Gasteiger partial charge on any atom is -0.490 e. The smallest absolute Gasteiger partial charge is 0.314 e. The maximum Gasteiger partial charge on any atom is 0.314 e. The van der Waals surface area contributed by atoms with Crippen LogP contribution in [0.2, 0.25) is 0 Å². The number of nitro groups is 1. The predicted octanol–water partition coefficient (Wildman–Crippen LogP) is 2.47. The second-order valence-corrected chi connectivity index (χ2v) is 3.42. The molecule has 0 saturated carbocycles. The molecular weight excluding hydrogens is 242 g/mol. The fourth-order valence-electron chi connectivity index (χ4n) is 1.19. The summed E-state index contributed by atoms with van der Waals surface area (Å²) in [5, 5.41) is 10.8. The lowest BCUT2D eigenvalue weighted by Gasteiger charge is -2.05. The number of methoxy groups -OCH3 is 1. The molecule has 0 aromatic heterocycles. The molecule has 0 N–H and O–H groups in total. The van der Waals surface area contributed by atoms with Crippen LogP contribution in [0.4, 0.5) is 5.69 Å². The Morgan fingerprint density at radius 1 is 1.47 bits per heavy atom. The highest BCUT2D eigenvalue weighted by atomic mass is 32.1. The molecule has 0 aliphatic rings. The van der Waals surface area contributed by atoms with Crippen molar-refractivity contribution in [3.63, 3.8) is 0 Å². The first-order chi connectivity index (χ1) is 8.19. The lowest BCUT2D eigenvalue weighted by atomic mass is 10.3. The predicted molar refractivity (Wildman–Crippen MR) is 68.1 cm³/mol. The molecule has 5 nitrogen and oxygen atoms in total. The summed E-state index contributed by atoms with van der Waals surface area (Å²) in [6.07, 6.45) is 3.63. The van der Waals surface area contributed by atoms with E-state index in [4.69, 9.17) is 9.47 Å². The second-order valence-electron chi connectivity index (χ2n) is 3.06. The molecule has 0 bridgehead atoms. The summed E-state index contributed by atoms with van der Waals surface area (Å²) in [5.74, 6) is 1.28. The molecule has 0 heterocycles. The maximum absolute atomic E-state index is 10.8. The molecule has 1 aromatic rings. The third-order valence-corrected chi connectivity index (χ3v) is 2.18. The zero-order valence-electron chi connectivity index (χ0n) is 9.33. The van der Waals surface area contributed by atoms with E-state index in [9.17, 15) is 10.1 Å². The standard InChI is InChI=1S/C11H13NO4S/c1-15-11-5-4-9(8-10(11)12(13)14)16-6-2-3-7-17/h2-5,8,17H,6-7H2,1H3/b3-2+. The van der Waals surface area contributed by atoms with Crippen molar-refractivity contribution in [3.8, 4) is 11.5 Å². The summed E-state index contributed by atoms with van der Waals surface area (Å²) in [5.41, 5.74) is -0.108. The summed E-state index contributed by atoms with van der Waals surface area (Å²) < 4.78 is 10.2. The van der Waals surface area contributed by atoms with Crippen LogP contribution in [0.5, 0.6) is 11.5 Å². The lowest BCUT2D eigenvalue weighted by Crippen LogP contribution is -1.97. The average Bonchev–Trinajstić information content (AvgIpc) is 2.34. The van der Waals surface area contributed by atoms with Gasteiger partial charge < -0.3 is 9.47 Å². The van der Waals surface area contributed by atoms with Crippen LogP contribution in [-0.4, -0.2) is 24.4 Å². The quantitative estimate of drug-likeness (QED) is 0.367. The summed E-state index contributed by atoms with van der Waals surface area (Å²) >= 11 is 4.00. The molecule has 6 heteroatoms. The van der Waals surface area contributed by atoms with Crippen LogP contribution in [0.15, 0.2) is 30.4 Å². The number of benzene rings is 1. The third kappa shape index (κ3) is 3.99. The zero-order valence-corrected chi connectivity index (χ0v) is 10.2. The van der Waals surface area contributed by atoms with Gasteiger partial charge in [-0.25, -0.2) is 0 Å². The van der Waals surface area contributed by atoms with Crippen molar-refractivity contribution in [2.75, 3.05) is 19.5 Å². The number of hydrogen-bond acceptors (Lipinski definition) is 5.